The van der Waals surface area contributed by atoms with Crippen molar-refractivity contribution in [2.75, 3.05) is 30.3 Å². The lowest BCUT2D eigenvalue weighted by molar-refractivity contribution is 0.0527. The monoisotopic (exact) mass is 399 g/mol. The zero-order valence-electron chi connectivity index (χ0n) is 18.2. The fraction of sp³-hybridized carbons (Fsp3) is 0.500. The number of nitrogens with one attached hydrogen (secondary N) is 1. The largest absolute Gasteiger partial charge is 0.444 e. The van der Waals surface area contributed by atoms with Gasteiger partial charge in [0, 0.05) is 30.9 Å². The summed E-state index contributed by atoms with van der Waals surface area (Å²) >= 11 is 0. The molecular formula is C22H33N5O2. The standard InChI is InChI=1S/C22H33N5O2/c1-6-27(7-2)17-12-10-16(11-13-17)19-15-25-20(23)18(26-19)9-8-14-24-21(28)29-22(3,4)5/h10-13,15H,6-9,14H2,1-5H3,(H2,23,25)(H,24,28). The lowest BCUT2D eigenvalue weighted by atomic mass is 10.1. The number of benzene rings is 1. The number of hydrogen-bond acceptors (Lipinski definition) is 6. The van der Waals surface area contributed by atoms with E-state index >= 15 is 0 Å². The molecule has 0 atom stereocenters. The molecule has 3 N–H and O–H groups in total. The van der Waals surface area contributed by atoms with Crippen LogP contribution in [0.3, 0.4) is 0 Å². The highest BCUT2D eigenvalue weighted by Crippen LogP contribution is 2.23. The lowest BCUT2D eigenvalue weighted by Crippen LogP contribution is -2.33. The minimum atomic E-state index is -0.505. The van der Waals surface area contributed by atoms with Crippen LogP contribution in [0.4, 0.5) is 16.3 Å². The van der Waals surface area contributed by atoms with Crippen LogP contribution in [0.5, 0.6) is 0 Å². The van der Waals surface area contributed by atoms with Crippen LogP contribution in [0.2, 0.25) is 0 Å². The summed E-state index contributed by atoms with van der Waals surface area (Å²) in [4.78, 5) is 23.0. The van der Waals surface area contributed by atoms with Gasteiger partial charge in [0.05, 0.1) is 17.6 Å². The molecule has 0 saturated heterocycles. The first-order valence-corrected chi connectivity index (χ1v) is 10.2. The molecule has 2 rings (SSSR count). The summed E-state index contributed by atoms with van der Waals surface area (Å²) in [5, 5.41) is 2.75. The van der Waals surface area contributed by atoms with E-state index in [0.717, 1.165) is 30.0 Å². The summed E-state index contributed by atoms with van der Waals surface area (Å²) in [6.45, 7) is 12.2. The molecule has 0 aliphatic heterocycles. The van der Waals surface area contributed by atoms with E-state index in [1.807, 2.05) is 20.8 Å². The first kappa shape index (κ1) is 22.5. The maximum absolute atomic E-state index is 11.7. The van der Waals surface area contributed by atoms with E-state index in [-0.39, 0.29) is 0 Å². The Morgan fingerprint density at radius 2 is 1.83 bits per heavy atom. The average molecular weight is 400 g/mol. The molecule has 0 fully saturated rings. The van der Waals surface area contributed by atoms with Crippen LogP contribution in [0.25, 0.3) is 11.3 Å². The number of nitrogen functional groups attached to an aromatic ring is 1. The molecule has 0 spiro atoms. The Labute approximate surface area is 173 Å². The number of nitrogens with two attached hydrogens (primary N) is 1. The second-order valence-electron chi connectivity index (χ2n) is 7.84. The second-order valence-corrected chi connectivity index (χ2v) is 7.84. The van der Waals surface area contributed by atoms with E-state index in [1.54, 1.807) is 6.20 Å². The first-order valence-electron chi connectivity index (χ1n) is 10.2. The maximum atomic E-state index is 11.7. The Hall–Kier alpha value is -2.83. The van der Waals surface area contributed by atoms with Crippen LogP contribution in [-0.4, -0.2) is 41.3 Å². The molecule has 0 aliphatic carbocycles. The number of aryl methyl sites for hydroxylation is 1. The van der Waals surface area contributed by atoms with Gasteiger partial charge in [-0.15, -0.1) is 0 Å². The Morgan fingerprint density at radius 3 is 2.41 bits per heavy atom. The summed E-state index contributed by atoms with van der Waals surface area (Å²) < 4.78 is 5.23. The van der Waals surface area contributed by atoms with Gasteiger partial charge in [0.2, 0.25) is 0 Å². The number of nitrogens with zero attached hydrogens (tertiary/aromatic N) is 3. The molecule has 0 saturated carbocycles. The van der Waals surface area contributed by atoms with E-state index in [1.165, 1.54) is 5.69 Å². The average Bonchev–Trinajstić information content (AvgIpc) is 2.67. The molecule has 1 amide bonds. The predicted octanol–water partition coefficient (Wildman–Crippen LogP) is 4.03. The van der Waals surface area contributed by atoms with E-state index in [4.69, 9.17) is 10.5 Å². The number of rotatable bonds is 8. The van der Waals surface area contributed by atoms with Crippen LogP contribution in [0.15, 0.2) is 30.5 Å². The van der Waals surface area contributed by atoms with Gasteiger partial charge in [-0.2, -0.15) is 0 Å². The zero-order valence-corrected chi connectivity index (χ0v) is 18.2. The van der Waals surface area contributed by atoms with Crippen LogP contribution in [0.1, 0.15) is 46.7 Å². The van der Waals surface area contributed by atoms with Crippen molar-refractivity contribution in [2.24, 2.45) is 0 Å². The Kier molecular flexibility index (Phi) is 7.82. The zero-order chi connectivity index (χ0) is 21.4. The third-order valence-electron chi connectivity index (χ3n) is 4.43. The summed E-state index contributed by atoms with van der Waals surface area (Å²) in [5.41, 5.74) is 9.22. The highest BCUT2D eigenvalue weighted by atomic mass is 16.6. The van der Waals surface area contributed by atoms with Gasteiger partial charge >= 0.3 is 6.09 Å². The van der Waals surface area contributed by atoms with E-state index in [2.05, 4.69) is 58.3 Å². The Morgan fingerprint density at radius 1 is 1.17 bits per heavy atom. The number of alkyl carbamates (subject to hydrolysis) is 1. The third kappa shape index (κ3) is 6.93. The topological polar surface area (TPSA) is 93.4 Å². The summed E-state index contributed by atoms with van der Waals surface area (Å²) in [6, 6.07) is 8.32. The molecule has 1 aromatic carbocycles. The van der Waals surface area contributed by atoms with Crippen molar-refractivity contribution in [1.82, 2.24) is 15.3 Å². The van der Waals surface area contributed by atoms with E-state index in [0.29, 0.717) is 25.2 Å². The first-order chi connectivity index (χ1) is 13.7. The smallest absolute Gasteiger partial charge is 0.407 e. The van der Waals surface area contributed by atoms with Gasteiger partial charge in [0.1, 0.15) is 11.4 Å². The second kappa shape index (κ2) is 10.1. The fourth-order valence-corrected chi connectivity index (χ4v) is 2.95. The minimum absolute atomic E-state index is 0.418. The number of anilines is 2. The molecule has 7 heteroatoms. The Bertz CT molecular complexity index is 796. The van der Waals surface area contributed by atoms with Crippen LogP contribution >= 0.6 is 0 Å². The molecule has 0 aliphatic rings. The van der Waals surface area contributed by atoms with Gasteiger partial charge in [-0.3, -0.25) is 0 Å². The summed E-state index contributed by atoms with van der Waals surface area (Å²) in [7, 11) is 0. The number of carbonyl (C=O) groups excluding carboxylic acids is 1. The molecule has 158 valence electrons. The SMILES string of the molecule is CCN(CC)c1ccc(-c2cnc(N)c(CCCNC(=O)OC(C)(C)C)n2)cc1. The van der Waals surface area contributed by atoms with Crippen LogP contribution in [-0.2, 0) is 11.2 Å². The van der Waals surface area contributed by atoms with Crippen molar-refractivity contribution < 1.29 is 9.53 Å². The molecule has 2 aromatic rings. The Balaban J connectivity index is 1.98. The van der Waals surface area contributed by atoms with Gasteiger partial charge in [-0.1, -0.05) is 12.1 Å². The van der Waals surface area contributed by atoms with Crippen molar-refractivity contribution in [3.8, 4) is 11.3 Å². The minimum Gasteiger partial charge on any atom is -0.444 e. The summed E-state index contributed by atoms with van der Waals surface area (Å²) in [6.07, 6.45) is 2.60. The van der Waals surface area contributed by atoms with Gasteiger partial charge in [0.25, 0.3) is 0 Å². The van der Waals surface area contributed by atoms with Crippen molar-refractivity contribution in [3.63, 3.8) is 0 Å². The van der Waals surface area contributed by atoms with E-state index in [9.17, 15) is 4.79 Å². The third-order valence-corrected chi connectivity index (χ3v) is 4.43. The molecule has 0 bridgehead atoms. The number of aromatic nitrogens is 2. The van der Waals surface area contributed by atoms with E-state index < -0.39 is 11.7 Å². The van der Waals surface area contributed by atoms with Crippen molar-refractivity contribution in [1.29, 1.82) is 0 Å². The quantitative estimate of drug-likeness (QED) is 0.651. The van der Waals surface area contributed by atoms with Gasteiger partial charge in [-0.05, 0) is 59.6 Å². The van der Waals surface area contributed by atoms with Crippen molar-refractivity contribution in [2.45, 2.75) is 53.1 Å². The van der Waals surface area contributed by atoms with Crippen LogP contribution < -0.4 is 16.0 Å². The number of ether oxygens (including phenoxy) is 1. The summed E-state index contributed by atoms with van der Waals surface area (Å²) in [5.74, 6) is 0.422. The number of carbonyl (C=O) groups is 1. The van der Waals surface area contributed by atoms with Crippen molar-refractivity contribution in [3.05, 3.63) is 36.2 Å². The molecule has 1 heterocycles. The molecule has 29 heavy (non-hydrogen) atoms. The van der Waals surface area contributed by atoms with Gasteiger partial charge < -0.3 is 20.7 Å². The molecule has 1 aromatic heterocycles. The molecule has 7 nitrogen and oxygen atoms in total. The molecule has 0 unspecified atom stereocenters. The maximum Gasteiger partial charge on any atom is 0.407 e. The predicted molar refractivity (Wildman–Crippen MR) is 118 cm³/mol. The molecule has 0 radical (unpaired) electrons. The van der Waals surface area contributed by atoms with Gasteiger partial charge in [-0.25, -0.2) is 14.8 Å². The highest BCUT2D eigenvalue weighted by molar-refractivity contribution is 5.67. The van der Waals surface area contributed by atoms with Crippen molar-refractivity contribution >= 4 is 17.6 Å². The fourth-order valence-electron chi connectivity index (χ4n) is 2.95. The molecular weight excluding hydrogens is 366 g/mol. The van der Waals surface area contributed by atoms with Gasteiger partial charge in [0.15, 0.2) is 0 Å². The number of hydrogen-bond donors (Lipinski definition) is 2. The normalized spacial score (nSPS) is 11.2. The van der Waals surface area contributed by atoms with Crippen LogP contribution in [0, 0.1) is 0 Å². The number of amides is 1. The lowest BCUT2D eigenvalue weighted by Gasteiger charge is -2.21. The highest BCUT2D eigenvalue weighted by Gasteiger charge is 2.15.